The van der Waals surface area contributed by atoms with Gasteiger partial charge in [-0.2, -0.15) is 0 Å². The van der Waals surface area contributed by atoms with Crippen molar-refractivity contribution < 1.29 is 14.6 Å². The van der Waals surface area contributed by atoms with Gasteiger partial charge < -0.3 is 14.6 Å². The van der Waals surface area contributed by atoms with Gasteiger partial charge in [0.15, 0.2) is 5.75 Å². The van der Waals surface area contributed by atoms with E-state index in [2.05, 4.69) is 28.1 Å². The lowest BCUT2D eigenvalue weighted by Crippen LogP contribution is -1.86. The average molecular weight is 427 g/mol. The third kappa shape index (κ3) is 3.28. The van der Waals surface area contributed by atoms with Crippen LogP contribution in [-0.2, 0) is 0 Å². The van der Waals surface area contributed by atoms with E-state index in [0.717, 1.165) is 36.5 Å². The van der Waals surface area contributed by atoms with Crippen LogP contribution < -0.4 is 9.47 Å². The van der Waals surface area contributed by atoms with Crippen molar-refractivity contribution >= 4 is 37.4 Å². The maximum absolute atomic E-state index is 9.50. The molecule has 5 heteroatoms. The largest absolute Gasteiger partial charge is 0.508 e. The number of phenols is 1. The highest BCUT2D eigenvalue weighted by Gasteiger charge is 2.17. The van der Waals surface area contributed by atoms with Crippen molar-refractivity contribution in [2.75, 3.05) is 7.11 Å². The van der Waals surface area contributed by atoms with Gasteiger partial charge in [-0.3, -0.25) is 0 Å². The monoisotopic (exact) mass is 426 g/mol. The molecule has 0 aliphatic heterocycles. The van der Waals surface area contributed by atoms with E-state index in [1.54, 1.807) is 42.7 Å². The summed E-state index contributed by atoms with van der Waals surface area (Å²) in [6.45, 7) is 0. The second-order valence-electron chi connectivity index (χ2n) is 5.73. The Hall–Kier alpha value is -2.50. The Morgan fingerprint density at radius 2 is 1.58 bits per heavy atom. The minimum absolute atomic E-state index is 0.213. The molecule has 3 nitrogen and oxygen atoms in total. The van der Waals surface area contributed by atoms with Crippen molar-refractivity contribution in [3.05, 3.63) is 71.2 Å². The summed E-state index contributed by atoms with van der Waals surface area (Å²) in [5, 5.41) is 10.5. The molecule has 0 unspecified atom stereocenters. The Kier molecular flexibility index (Phi) is 4.57. The number of aromatic hydroxyl groups is 1. The molecule has 1 aromatic heterocycles. The van der Waals surface area contributed by atoms with Gasteiger partial charge >= 0.3 is 0 Å². The predicted octanol–water partition coefficient (Wildman–Crippen LogP) is 6.84. The first-order valence-corrected chi connectivity index (χ1v) is 9.58. The molecule has 0 aliphatic carbocycles. The van der Waals surface area contributed by atoms with Gasteiger partial charge in [-0.25, -0.2) is 0 Å². The molecule has 1 heterocycles. The quantitative estimate of drug-likeness (QED) is 0.388. The van der Waals surface area contributed by atoms with Crippen LogP contribution in [0.15, 0.2) is 71.2 Å². The first-order valence-electron chi connectivity index (χ1n) is 7.97. The van der Waals surface area contributed by atoms with Gasteiger partial charge in [-0.15, -0.1) is 11.3 Å². The Labute approximate surface area is 163 Å². The number of ether oxygens (including phenoxy) is 2. The minimum atomic E-state index is 0.213. The summed E-state index contributed by atoms with van der Waals surface area (Å²) in [6.07, 6.45) is 0. The van der Waals surface area contributed by atoms with Crippen molar-refractivity contribution in [1.29, 1.82) is 0 Å². The lowest BCUT2D eigenvalue weighted by atomic mass is 10.1. The molecule has 0 saturated heterocycles. The Morgan fingerprint density at radius 1 is 0.885 bits per heavy atom. The SMILES string of the molecule is COc1ccc2c(Oc3ccc(O)cc3)c(-c3ccc(Br)cc3)sc2c1. The Balaban J connectivity index is 1.87. The molecule has 0 aliphatic rings. The molecule has 3 aromatic carbocycles. The fraction of sp³-hybridized carbons (Fsp3) is 0.0476. The maximum atomic E-state index is 9.50. The normalized spacial score (nSPS) is 10.8. The summed E-state index contributed by atoms with van der Waals surface area (Å²) in [5.74, 6) is 2.51. The summed E-state index contributed by atoms with van der Waals surface area (Å²) in [5.41, 5.74) is 1.09. The highest BCUT2D eigenvalue weighted by molar-refractivity contribution is 9.10. The van der Waals surface area contributed by atoms with Crippen LogP contribution >= 0.6 is 27.3 Å². The van der Waals surface area contributed by atoms with Gasteiger partial charge in [-0.1, -0.05) is 28.1 Å². The third-order valence-electron chi connectivity index (χ3n) is 4.01. The molecule has 130 valence electrons. The van der Waals surface area contributed by atoms with Gasteiger partial charge in [0.1, 0.15) is 17.2 Å². The molecule has 0 bridgehead atoms. The summed E-state index contributed by atoms with van der Waals surface area (Å²) in [4.78, 5) is 1.05. The van der Waals surface area contributed by atoms with E-state index in [9.17, 15) is 5.11 Å². The molecular weight excluding hydrogens is 412 g/mol. The van der Waals surface area contributed by atoms with Crippen LogP contribution in [-0.4, -0.2) is 12.2 Å². The number of thiophene rings is 1. The summed E-state index contributed by atoms with van der Waals surface area (Å²) >= 11 is 5.15. The molecule has 0 fully saturated rings. The number of hydrogen-bond donors (Lipinski definition) is 1. The first-order chi connectivity index (χ1) is 12.6. The lowest BCUT2D eigenvalue weighted by molar-refractivity contribution is 0.415. The van der Waals surface area contributed by atoms with Crippen LogP contribution in [0.5, 0.6) is 23.0 Å². The molecule has 0 spiro atoms. The predicted molar refractivity (Wildman–Crippen MR) is 110 cm³/mol. The van der Waals surface area contributed by atoms with E-state index < -0.39 is 0 Å². The molecule has 0 amide bonds. The second-order valence-corrected chi connectivity index (χ2v) is 7.69. The molecule has 0 radical (unpaired) electrons. The molecule has 0 atom stereocenters. The van der Waals surface area contributed by atoms with E-state index in [1.165, 1.54) is 0 Å². The van der Waals surface area contributed by atoms with Crippen molar-refractivity contribution in [2.45, 2.75) is 0 Å². The standard InChI is InChI=1S/C21H15BrO3S/c1-24-17-10-11-18-19(12-17)26-21(13-2-4-14(22)5-3-13)20(18)25-16-8-6-15(23)7-9-16/h2-12,23H,1H3. The Morgan fingerprint density at radius 3 is 2.27 bits per heavy atom. The highest BCUT2D eigenvalue weighted by atomic mass is 79.9. The number of hydrogen-bond acceptors (Lipinski definition) is 4. The third-order valence-corrected chi connectivity index (χ3v) is 5.73. The fourth-order valence-corrected chi connectivity index (χ4v) is 4.13. The van der Waals surface area contributed by atoms with E-state index >= 15 is 0 Å². The average Bonchev–Trinajstić information content (AvgIpc) is 3.01. The lowest BCUT2D eigenvalue weighted by Gasteiger charge is -2.08. The van der Waals surface area contributed by atoms with E-state index in [0.29, 0.717) is 5.75 Å². The number of fused-ring (bicyclic) bond motifs is 1. The smallest absolute Gasteiger partial charge is 0.153 e. The van der Waals surface area contributed by atoms with Crippen LogP contribution in [0.3, 0.4) is 0 Å². The van der Waals surface area contributed by atoms with Gasteiger partial charge in [0.2, 0.25) is 0 Å². The number of halogens is 1. The number of rotatable bonds is 4. The number of methoxy groups -OCH3 is 1. The molecule has 4 rings (SSSR count). The van der Waals surface area contributed by atoms with Gasteiger partial charge in [0.05, 0.1) is 12.0 Å². The van der Waals surface area contributed by atoms with Gasteiger partial charge in [0, 0.05) is 14.6 Å². The minimum Gasteiger partial charge on any atom is -0.508 e. The van der Waals surface area contributed by atoms with Crippen LogP contribution in [0.4, 0.5) is 0 Å². The zero-order valence-electron chi connectivity index (χ0n) is 13.9. The van der Waals surface area contributed by atoms with E-state index in [1.807, 2.05) is 30.3 Å². The van der Waals surface area contributed by atoms with Crippen molar-refractivity contribution in [1.82, 2.24) is 0 Å². The molecule has 0 saturated carbocycles. The fourth-order valence-electron chi connectivity index (χ4n) is 2.70. The van der Waals surface area contributed by atoms with Crippen LogP contribution in [0.1, 0.15) is 0 Å². The molecule has 4 aromatic rings. The molecule has 26 heavy (non-hydrogen) atoms. The van der Waals surface area contributed by atoms with Crippen LogP contribution in [0.2, 0.25) is 0 Å². The van der Waals surface area contributed by atoms with Crippen LogP contribution in [0.25, 0.3) is 20.5 Å². The van der Waals surface area contributed by atoms with E-state index in [4.69, 9.17) is 9.47 Å². The summed E-state index contributed by atoms with van der Waals surface area (Å²) in [6, 6.07) is 20.9. The van der Waals surface area contributed by atoms with Crippen molar-refractivity contribution in [3.8, 4) is 33.4 Å². The van der Waals surface area contributed by atoms with Crippen molar-refractivity contribution in [2.24, 2.45) is 0 Å². The van der Waals surface area contributed by atoms with Crippen LogP contribution in [0, 0.1) is 0 Å². The number of benzene rings is 3. The second kappa shape index (κ2) is 7.02. The Bertz CT molecular complexity index is 1050. The molecular formula is C21H15BrO3S. The first kappa shape index (κ1) is 16.9. The maximum Gasteiger partial charge on any atom is 0.153 e. The summed E-state index contributed by atoms with van der Waals surface area (Å²) in [7, 11) is 1.66. The van der Waals surface area contributed by atoms with E-state index in [-0.39, 0.29) is 5.75 Å². The molecule has 1 N–H and O–H groups in total. The zero-order valence-corrected chi connectivity index (χ0v) is 16.3. The number of phenolic OH excluding ortho intramolecular Hbond substituents is 1. The van der Waals surface area contributed by atoms with Gasteiger partial charge in [-0.05, 0) is 60.2 Å². The van der Waals surface area contributed by atoms with Gasteiger partial charge in [0.25, 0.3) is 0 Å². The zero-order chi connectivity index (χ0) is 18.1. The highest BCUT2D eigenvalue weighted by Crippen LogP contribution is 2.47. The summed E-state index contributed by atoms with van der Waals surface area (Å²) < 4.78 is 13.7. The topological polar surface area (TPSA) is 38.7 Å². The van der Waals surface area contributed by atoms with Crippen molar-refractivity contribution in [3.63, 3.8) is 0 Å².